The number of amides is 1. The summed E-state index contributed by atoms with van der Waals surface area (Å²) in [5.41, 5.74) is 1.30. The Morgan fingerprint density at radius 3 is 2.44 bits per heavy atom. The molecule has 2 fully saturated rings. The quantitative estimate of drug-likeness (QED) is 0.562. The number of anilines is 1. The van der Waals surface area contributed by atoms with E-state index in [1.807, 2.05) is 6.08 Å². The first-order chi connectivity index (χ1) is 16.5. The molecule has 2 aliphatic rings. The van der Waals surface area contributed by atoms with Gasteiger partial charge in [0.1, 0.15) is 12.1 Å². The molecule has 0 spiro atoms. The summed E-state index contributed by atoms with van der Waals surface area (Å²) in [6.07, 6.45) is 4.55. The molecule has 1 aromatic carbocycles. The molecule has 0 saturated carbocycles. The van der Waals surface area contributed by atoms with Crippen molar-refractivity contribution in [3.63, 3.8) is 0 Å². The van der Waals surface area contributed by atoms with Gasteiger partial charge in [-0.2, -0.15) is 0 Å². The van der Waals surface area contributed by atoms with E-state index in [-0.39, 0.29) is 17.8 Å². The van der Waals surface area contributed by atoms with Gasteiger partial charge in [-0.05, 0) is 37.1 Å². The summed E-state index contributed by atoms with van der Waals surface area (Å²) in [6.45, 7) is 11.0. The summed E-state index contributed by atoms with van der Waals surface area (Å²) >= 11 is 0. The molecule has 8 nitrogen and oxygen atoms in total. The van der Waals surface area contributed by atoms with Gasteiger partial charge < -0.3 is 19.3 Å². The first-order valence-electron chi connectivity index (χ1n) is 12.0. The Labute approximate surface area is 200 Å². The molecular weight excluding hydrogens is 437 g/mol. The highest BCUT2D eigenvalue weighted by atomic mass is 19.1. The fourth-order valence-corrected chi connectivity index (χ4v) is 4.48. The average Bonchev–Trinajstić information content (AvgIpc) is 3.32. The summed E-state index contributed by atoms with van der Waals surface area (Å²) in [7, 11) is 0. The number of oxazole rings is 1. The van der Waals surface area contributed by atoms with Gasteiger partial charge in [-0.1, -0.05) is 6.08 Å². The number of allylic oxidation sites excluding steroid dienone is 1. The monoisotopic (exact) mass is 471 g/mol. The lowest BCUT2D eigenvalue weighted by atomic mass is 10.1. The van der Waals surface area contributed by atoms with Crippen molar-refractivity contribution in [2.75, 3.05) is 63.8 Å². The molecule has 0 bridgehead atoms. The highest BCUT2D eigenvalue weighted by Gasteiger charge is 2.26. The lowest BCUT2D eigenvalue weighted by molar-refractivity contribution is 0.0642. The maximum Gasteiger partial charge on any atom is 0.275 e. The Morgan fingerprint density at radius 1 is 1.09 bits per heavy atom. The number of carbonyl (C=O) groups is 1. The van der Waals surface area contributed by atoms with Crippen molar-refractivity contribution in [3.05, 3.63) is 60.6 Å². The number of aromatic nitrogens is 1. The van der Waals surface area contributed by atoms with Crippen LogP contribution in [0, 0.1) is 5.82 Å². The van der Waals surface area contributed by atoms with Gasteiger partial charge in [-0.15, -0.1) is 6.58 Å². The normalized spacial score (nSPS) is 18.8. The fourth-order valence-electron chi connectivity index (χ4n) is 4.48. The zero-order chi connectivity index (χ0) is 23.9. The van der Waals surface area contributed by atoms with Crippen LogP contribution in [0.3, 0.4) is 0 Å². The lowest BCUT2D eigenvalue weighted by Gasteiger charge is -2.35. The van der Waals surface area contributed by atoms with Crippen molar-refractivity contribution in [1.82, 2.24) is 19.7 Å². The number of piperazine rings is 2. The van der Waals surface area contributed by atoms with Crippen LogP contribution < -0.4 is 4.90 Å². The first kappa shape index (κ1) is 24.4. The minimum atomic E-state index is -0.317. The molecule has 2 aromatic rings. The zero-order valence-electron chi connectivity index (χ0n) is 19.6. The van der Waals surface area contributed by atoms with Gasteiger partial charge >= 0.3 is 0 Å². The van der Waals surface area contributed by atoms with E-state index >= 15 is 0 Å². The Morgan fingerprint density at radius 2 is 1.76 bits per heavy atom. The summed E-state index contributed by atoms with van der Waals surface area (Å²) < 4.78 is 18.8. The molecule has 2 aliphatic heterocycles. The van der Waals surface area contributed by atoms with Gasteiger partial charge in [-0.25, -0.2) is 9.37 Å². The van der Waals surface area contributed by atoms with E-state index in [1.165, 1.54) is 18.4 Å². The van der Waals surface area contributed by atoms with E-state index < -0.39 is 0 Å². The van der Waals surface area contributed by atoms with Crippen molar-refractivity contribution < 1.29 is 18.7 Å². The van der Waals surface area contributed by atoms with Gasteiger partial charge in [0.15, 0.2) is 5.69 Å². The number of nitrogens with zero attached hydrogens (tertiary/aromatic N) is 5. The van der Waals surface area contributed by atoms with Gasteiger partial charge in [-0.3, -0.25) is 14.6 Å². The second kappa shape index (κ2) is 11.6. The van der Waals surface area contributed by atoms with Crippen LogP contribution in [-0.2, 0) is 6.54 Å². The zero-order valence-corrected chi connectivity index (χ0v) is 19.6. The molecule has 0 aliphatic carbocycles. The van der Waals surface area contributed by atoms with Crippen LogP contribution in [0.4, 0.5) is 10.1 Å². The van der Waals surface area contributed by atoms with E-state index in [1.54, 1.807) is 17.0 Å². The number of halogens is 1. The van der Waals surface area contributed by atoms with Crippen molar-refractivity contribution in [3.8, 4) is 0 Å². The number of hydrogen-bond acceptors (Lipinski definition) is 7. The predicted octanol–water partition coefficient (Wildman–Crippen LogP) is 2.22. The molecule has 1 atom stereocenters. The molecular formula is C25H34FN5O3. The molecule has 9 heteroatoms. The number of aliphatic hydroxyl groups is 1. The van der Waals surface area contributed by atoms with Gasteiger partial charge in [0, 0.05) is 64.6 Å². The average molecular weight is 472 g/mol. The highest BCUT2D eigenvalue weighted by Crippen LogP contribution is 2.18. The maximum atomic E-state index is 13.2. The summed E-state index contributed by atoms with van der Waals surface area (Å²) in [6, 6.07) is 6.44. The topological polar surface area (TPSA) is 76.3 Å². The minimum Gasteiger partial charge on any atom is -0.447 e. The lowest BCUT2D eigenvalue weighted by Crippen LogP contribution is -2.49. The van der Waals surface area contributed by atoms with Crippen LogP contribution in [0.25, 0.3) is 0 Å². The fraction of sp³-hybridized carbons (Fsp3) is 0.520. The van der Waals surface area contributed by atoms with Crippen LogP contribution in [0.15, 0.2) is 47.6 Å². The second-order valence-corrected chi connectivity index (χ2v) is 8.98. The SMILES string of the molecule is C=CCC[C@@H](O)CN1CCN(Cc2nc(C(=O)N3CCN(c4ccc(F)cc4)CC3)co2)CC1. The smallest absolute Gasteiger partial charge is 0.275 e. The molecule has 184 valence electrons. The molecule has 1 N–H and O–H groups in total. The number of hydrogen-bond donors (Lipinski definition) is 1. The van der Waals surface area contributed by atoms with E-state index in [4.69, 9.17) is 4.42 Å². The minimum absolute atomic E-state index is 0.118. The third-order valence-electron chi connectivity index (χ3n) is 6.53. The third-order valence-corrected chi connectivity index (χ3v) is 6.53. The summed E-state index contributed by atoms with van der Waals surface area (Å²) in [5, 5.41) is 10.1. The van der Waals surface area contributed by atoms with Gasteiger partial charge in [0.05, 0.1) is 12.6 Å². The summed E-state index contributed by atoms with van der Waals surface area (Å²) in [5.74, 6) is 0.180. The van der Waals surface area contributed by atoms with E-state index in [0.717, 1.165) is 44.7 Å². The Bertz CT molecular complexity index is 934. The molecule has 1 aromatic heterocycles. The molecule has 34 heavy (non-hydrogen) atoms. The van der Waals surface area contributed by atoms with E-state index in [2.05, 4.69) is 26.3 Å². The molecule has 0 radical (unpaired) electrons. The summed E-state index contributed by atoms with van der Waals surface area (Å²) in [4.78, 5) is 25.8. The number of benzene rings is 1. The Hall–Kier alpha value is -2.75. The van der Waals surface area contributed by atoms with Crippen molar-refractivity contribution in [2.45, 2.75) is 25.5 Å². The first-order valence-corrected chi connectivity index (χ1v) is 12.0. The number of rotatable bonds is 9. The molecule has 4 rings (SSSR count). The van der Waals surface area contributed by atoms with Crippen molar-refractivity contribution >= 4 is 11.6 Å². The third kappa shape index (κ3) is 6.43. The van der Waals surface area contributed by atoms with Gasteiger partial charge in [0.25, 0.3) is 5.91 Å². The van der Waals surface area contributed by atoms with Crippen LogP contribution >= 0.6 is 0 Å². The largest absolute Gasteiger partial charge is 0.447 e. The van der Waals surface area contributed by atoms with Crippen LogP contribution in [0.1, 0.15) is 29.2 Å². The van der Waals surface area contributed by atoms with Crippen molar-refractivity contribution in [1.29, 1.82) is 0 Å². The molecule has 3 heterocycles. The van der Waals surface area contributed by atoms with Crippen molar-refractivity contribution in [2.24, 2.45) is 0 Å². The molecule has 1 amide bonds. The Balaban J connectivity index is 1.21. The number of aliphatic hydroxyl groups excluding tert-OH is 1. The maximum absolute atomic E-state index is 13.2. The predicted molar refractivity (Wildman–Crippen MR) is 128 cm³/mol. The standard InChI is InChI=1S/C25H34FN5O3/c1-2-3-4-22(32)17-28-9-11-29(12-10-28)18-24-27-23(19-34-24)25(33)31-15-13-30(14-16-31)21-7-5-20(26)6-8-21/h2,5-8,19,22,32H,1,3-4,9-18H2/t22-/m1/s1. The van der Waals surface area contributed by atoms with Crippen LogP contribution in [0.2, 0.25) is 0 Å². The van der Waals surface area contributed by atoms with Gasteiger partial charge in [0.2, 0.25) is 5.89 Å². The highest BCUT2D eigenvalue weighted by molar-refractivity contribution is 5.92. The molecule has 2 saturated heterocycles. The van der Waals surface area contributed by atoms with Crippen LogP contribution in [-0.4, -0.2) is 95.7 Å². The second-order valence-electron chi connectivity index (χ2n) is 8.98. The van der Waals surface area contributed by atoms with Crippen LogP contribution in [0.5, 0.6) is 0 Å². The van der Waals surface area contributed by atoms with E-state index in [9.17, 15) is 14.3 Å². The Kier molecular flexibility index (Phi) is 8.31. The number of carbonyl (C=O) groups excluding carboxylic acids is 1. The molecule has 0 unspecified atom stereocenters. The number of β-amino-alcohol motifs (C(OH)–C–C–N with tert-alkyl or cyclic N) is 1. The van der Waals surface area contributed by atoms with E-state index in [0.29, 0.717) is 50.9 Å².